The highest BCUT2D eigenvalue weighted by Gasteiger charge is 2.06. The minimum absolute atomic E-state index is 0.292. The van der Waals surface area contributed by atoms with Crippen molar-refractivity contribution in [1.82, 2.24) is 0 Å². The fraction of sp³-hybridized carbons (Fsp3) is 0. The van der Waals surface area contributed by atoms with Crippen molar-refractivity contribution >= 4 is 37.8 Å². The highest BCUT2D eigenvalue weighted by molar-refractivity contribution is 9.11. The van der Waals surface area contributed by atoms with Crippen molar-refractivity contribution in [2.75, 3.05) is 0 Å². The molecule has 1 N–H and O–H groups in total. The van der Waals surface area contributed by atoms with Gasteiger partial charge in [-0.3, -0.25) is 0 Å². The normalized spacial score (nSPS) is 10.2. The molecular formula is C13H8Br2O2. The van der Waals surface area contributed by atoms with Crippen molar-refractivity contribution in [3.8, 4) is 11.1 Å². The molecule has 0 fully saturated rings. The van der Waals surface area contributed by atoms with Crippen molar-refractivity contribution in [2.24, 2.45) is 0 Å². The van der Waals surface area contributed by atoms with Crippen molar-refractivity contribution < 1.29 is 9.90 Å². The molecule has 0 aromatic heterocycles. The Hall–Kier alpha value is -1.13. The third-order valence-corrected chi connectivity index (χ3v) is 3.56. The van der Waals surface area contributed by atoms with E-state index in [0.29, 0.717) is 5.56 Å². The molecule has 0 aliphatic carbocycles. The van der Waals surface area contributed by atoms with Crippen LogP contribution in [0.1, 0.15) is 10.4 Å². The molecule has 86 valence electrons. The Morgan fingerprint density at radius 2 is 1.65 bits per heavy atom. The summed E-state index contributed by atoms with van der Waals surface area (Å²) < 4.78 is 1.96. The van der Waals surface area contributed by atoms with E-state index in [1.165, 1.54) is 0 Å². The molecule has 0 bridgehead atoms. The van der Waals surface area contributed by atoms with Crippen molar-refractivity contribution in [2.45, 2.75) is 0 Å². The van der Waals surface area contributed by atoms with Gasteiger partial charge in [0.2, 0.25) is 0 Å². The number of hydrogen-bond donors (Lipinski definition) is 1. The van der Waals surface area contributed by atoms with E-state index >= 15 is 0 Å². The first-order valence-corrected chi connectivity index (χ1v) is 6.45. The number of carboxylic acids is 1. The number of hydrogen-bond acceptors (Lipinski definition) is 1. The summed E-state index contributed by atoms with van der Waals surface area (Å²) in [6.07, 6.45) is 0. The van der Waals surface area contributed by atoms with Crippen LogP contribution in [-0.2, 0) is 0 Å². The standard InChI is InChI=1S/C13H8Br2O2/c14-10-5-6-12(15)11(7-10)8-1-3-9(4-2-8)13(16)17/h1-7H,(H,16,17). The van der Waals surface area contributed by atoms with Gasteiger partial charge >= 0.3 is 5.97 Å². The van der Waals surface area contributed by atoms with E-state index in [2.05, 4.69) is 31.9 Å². The zero-order valence-corrected chi connectivity index (χ0v) is 11.8. The summed E-state index contributed by atoms with van der Waals surface area (Å²) in [6.45, 7) is 0. The first-order chi connectivity index (χ1) is 8.08. The zero-order chi connectivity index (χ0) is 12.4. The van der Waals surface area contributed by atoms with Crippen LogP contribution in [0.2, 0.25) is 0 Å². The lowest BCUT2D eigenvalue weighted by molar-refractivity contribution is 0.0697. The van der Waals surface area contributed by atoms with E-state index in [-0.39, 0.29) is 0 Å². The SMILES string of the molecule is O=C(O)c1ccc(-c2cc(Br)ccc2Br)cc1. The van der Waals surface area contributed by atoms with Gasteiger partial charge in [-0.1, -0.05) is 44.0 Å². The number of aromatic carboxylic acids is 1. The second-order valence-corrected chi connectivity index (χ2v) is 5.28. The summed E-state index contributed by atoms with van der Waals surface area (Å²) in [5, 5.41) is 8.83. The number of carbonyl (C=O) groups is 1. The number of benzene rings is 2. The lowest BCUT2D eigenvalue weighted by Crippen LogP contribution is -1.95. The molecule has 0 saturated carbocycles. The Balaban J connectivity index is 2.46. The number of halogens is 2. The Kier molecular flexibility index (Phi) is 3.64. The molecule has 0 radical (unpaired) electrons. The summed E-state index contributed by atoms with van der Waals surface area (Å²) in [5.74, 6) is -0.912. The molecule has 2 aromatic carbocycles. The van der Waals surface area contributed by atoms with Crippen LogP contribution in [0.5, 0.6) is 0 Å². The highest BCUT2D eigenvalue weighted by atomic mass is 79.9. The first kappa shape index (κ1) is 12.3. The predicted octanol–water partition coefficient (Wildman–Crippen LogP) is 4.58. The lowest BCUT2D eigenvalue weighted by Gasteiger charge is -2.06. The van der Waals surface area contributed by atoms with Crippen molar-refractivity contribution in [3.63, 3.8) is 0 Å². The first-order valence-electron chi connectivity index (χ1n) is 4.87. The summed E-state index contributed by atoms with van der Waals surface area (Å²) in [4.78, 5) is 10.8. The Morgan fingerprint density at radius 1 is 1.00 bits per heavy atom. The van der Waals surface area contributed by atoms with Crippen LogP contribution < -0.4 is 0 Å². The minimum Gasteiger partial charge on any atom is -0.478 e. The van der Waals surface area contributed by atoms with E-state index in [1.54, 1.807) is 24.3 Å². The molecule has 2 rings (SSSR count). The molecule has 0 saturated heterocycles. The third kappa shape index (κ3) is 2.76. The monoisotopic (exact) mass is 354 g/mol. The van der Waals surface area contributed by atoms with Gasteiger partial charge in [0, 0.05) is 8.95 Å². The van der Waals surface area contributed by atoms with Gasteiger partial charge in [-0.15, -0.1) is 0 Å². The van der Waals surface area contributed by atoms with E-state index in [9.17, 15) is 4.79 Å². The molecule has 17 heavy (non-hydrogen) atoms. The zero-order valence-electron chi connectivity index (χ0n) is 8.65. The molecule has 0 aliphatic rings. The highest BCUT2D eigenvalue weighted by Crippen LogP contribution is 2.31. The minimum atomic E-state index is -0.912. The molecule has 0 atom stereocenters. The molecule has 2 nitrogen and oxygen atoms in total. The molecule has 0 heterocycles. The quantitative estimate of drug-likeness (QED) is 0.856. The topological polar surface area (TPSA) is 37.3 Å². The Bertz CT molecular complexity index is 562. The number of rotatable bonds is 2. The van der Waals surface area contributed by atoms with E-state index < -0.39 is 5.97 Å². The van der Waals surface area contributed by atoms with Gasteiger partial charge in [-0.25, -0.2) is 4.79 Å². The molecule has 4 heteroatoms. The van der Waals surface area contributed by atoms with Crippen LogP contribution in [0.3, 0.4) is 0 Å². The van der Waals surface area contributed by atoms with Gasteiger partial charge in [0.25, 0.3) is 0 Å². The van der Waals surface area contributed by atoms with Crippen LogP contribution in [0.25, 0.3) is 11.1 Å². The molecule has 0 aliphatic heterocycles. The van der Waals surface area contributed by atoms with Crippen molar-refractivity contribution in [3.05, 3.63) is 57.0 Å². The van der Waals surface area contributed by atoms with Crippen LogP contribution in [-0.4, -0.2) is 11.1 Å². The largest absolute Gasteiger partial charge is 0.478 e. The molecular weight excluding hydrogens is 348 g/mol. The fourth-order valence-corrected chi connectivity index (χ4v) is 2.35. The molecule has 0 amide bonds. The van der Waals surface area contributed by atoms with Crippen LogP contribution in [0.4, 0.5) is 0 Å². The van der Waals surface area contributed by atoms with Gasteiger partial charge in [-0.2, -0.15) is 0 Å². The van der Waals surface area contributed by atoms with Gasteiger partial charge in [0.15, 0.2) is 0 Å². The summed E-state index contributed by atoms with van der Waals surface area (Å²) in [5.41, 5.74) is 2.29. The van der Waals surface area contributed by atoms with Crippen LogP contribution >= 0.6 is 31.9 Å². The maximum Gasteiger partial charge on any atom is 0.335 e. The Morgan fingerprint density at radius 3 is 2.24 bits per heavy atom. The molecule has 2 aromatic rings. The maximum atomic E-state index is 10.8. The smallest absolute Gasteiger partial charge is 0.335 e. The number of carboxylic acid groups (broad SMARTS) is 1. The molecule has 0 spiro atoms. The van der Waals surface area contributed by atoms with Crippen LogP contribution in [0.15, 0.2) is 51.4 Å². The third-order valence-electron chi connectivity index (χ3n) is 2.37. The summed E-state index contributed by atoms with van der Waals surface area (Å²) in [6, 6.07) is 12.7. The van der Waals surface area contributed by atoms with Gasteiger partial charge in [0.1, 0.15) is 0 Å². The van der Waals surface area contributed by atoms with Crippen LogP contribution in [0, 0.1) is 0 Å². The summed E-state index contributed by atoms with van der Waals surface area (Å²) in [7, 11) is 0. The average molecular weight is 356 g/mol. The predicted molar refractivity (Wildman–Crippen MR) is 74.2 cm³/mol. The van der Waals surface area contributed by atoms with Gasteiger partial charge in [-0.05, 0) is 41.5 Å². The molecule has 0 unspecified atom stereocenters. The van der Waals surface area contributed by atoms with E-state index in [1.807, 2.05) is 18.2 Å². The van der Waals surface area contributed by atoms with Crippen molar-refractivity contribution in [1.29, 1.82) is 0 Å². The van der Waals surface area contributed by atoms with Gasteiger partial charge in [0.05, 0.1) is 5.56 Å². The fourth-order valence-electron chi connectivity index (χ4n) is 1.51. The Labute approximate surface area is 116 Å². The second kappa shape index (κ2) is 5.02. The van der Waals surface area contributed by atoms with E-state index in [4.69, 9.17) is 5.11 Å². The average Bonchev–Trinajstić information content (AvgIpc) is 2.32. The summed E-state index contributed by atoms with van der Waals surface area (Å²) >= 11 is 6.89. The van der Waals surface area contributed by atoms with Gasteiger partial charge < -0.3 is 5.11 Å². The van der Waals surface area contributed by atoms with E-state index in [0.717, 1.165) is 20.1 Å². The lowest BCUT2D eigenvalue weighted by atomic mass is 10.0. The second-order valence-electron chi connectivity index (χ2n) is 3.51. The maximum absolute atomic E-state index is 10.8.